The number of para-hydroxylation sites is 1. The summed E-state index contributed by atoms with van der Waals surface area (Å²) in [6.07, 6.45) is 2.21. The number of aromatic nitrogens is 2. The first-order chi connectivity index (χ1) is 13.5. The van der Waals surface area contributed by atoms with Gasteiger partial charge in [-0.1, -0.05) is 18.2 Å². The number of carbonyl (C=O) groups is 2. The lowest BCUT2D eigenvalue weighted by Crippen LogP contribution is -2.37. The van der Waals surface area contributed by atoms with E-state index >= 15 is 0 Å². The number of hydrogen-bond acceptors (Lipinski definition) is 5. The quantitative estimate of drug-likeness (QED) is 0.886. The summed E-state index contributed by atoms with van der Waals surface area (Å²) in [6.45, 7) is 6.21. The highest BCUT2D eigenvalue weighted by atomic mass is 16.2. The number of nitrogens with zero attached hydrogens (tertiary/aromatic N) is 4. The lowest BCUT2D eigenvalue weighted by Gasteiger charge is -2.25. The van der Waals surface area contributed by atoms with Crippen LogP contribution in [0.25, 0.3) is 0 Å². The molecule has 0 spiro atoms. The fourth-order valence-electron chi connectivity index (χ4n) is 4.30. The van der Waals surface area contributed by atoms with E-state index in [4.69, 9.17) is 0 Å². The Balaban J connectivity index is 1.63. The molecule has 0 bridgehead atoms. The largest absolute Gasteiger partial charge is 0.330 e. The molecule has 1 amide bonds. The van der Waals surface area contributed by atoms with Crippen LogP contribution in [0.5, 0.6) is 0 Å². The second-order valence-electron chi connectivity index (χ2n) is 7.56. The summed E-state index contributed by atoms with van der Waals surface area (Å²) in [5.41, 5.74) is 4.32. The smallest absolute Gasteiger partial charge is 0.270 e. The van der Waals surface area contributed by atoms with Gasteiger partial charge in [0.25, 0.3) is 5.91 Å². The third-order valence-electron chi connectivity index (χ3n) is 5.68. The summed E-state index contributed by atoms with van der Waals surface area (Å²) in [7, 11) is 0. The van der Waals surface area contributed by atoms with Crippen LogP contribution in [0.1, 0.15) is 49.2 Å². The molecule has 1 fully saturated rings. The van der Waals surface area contributed by atoms with E-state index in [1.54, 1.807) is 11.9 Å². The topological polar surface area (TPSA) is 81.7 Å². The molecule has 1 saturated heterocycles. The Morgan fingerprint density at radius 3 is 2.57 bits per heavy atom. The van der Waals surface area contributed by atoms with Gasteiger partial charge in [0.15, 0.2) is 5.78 Å². The van der Waals surface area contributed by atoms with Crippen molar-refractivity contribution in [3.05, 3.63) is 47.3 Å². The lowest BCUT2D eigenvalue weighted by atomic mass is 10.0. The molecule has 7 heteroatoms. The standard InChI is InChI=1S/C21H25N5O2/c1-13-20(14(2)23-22-13)18-10-7-11-25(18)21(28)17-12-19(15(3)27)26(24-17)16-8-5-4-6-9-16/h4-6,8-9,18-19H,7,10-12H2,1-3H3,(H,22,23)/t18-,19+/m0/s1. The zero-order valence-electron chi connectivity index (χ0n) is 16.5. The SMILES string of the molecule is CC(=O)[C@H]1CC(C(=O)N2CCC[C@H]2c2c(C)n[nH]c2C)=NN1c1ccccc1. The maximum atomic E-state index is 13.3. The van der Waals surface area contributed by atoms with E-state index in [0.29, 0.717) is 18.7 Å². The summed E-state index contributed by atoms with van der Waals surface area (Å²) in [5, 5.41) is 13.6. The van der Waals surface area contributed by atoms with E-state index in [-0.39, 0.29) is 17.7 Å². The van der Waals surface area contributed by atoms with Gasteiger partial charge in [-0.3, -0.25) is 19.7 Å². The van der Waals surface area contributed by atoms with Gasteiger partial charge in [-0.15, -0.1) is 0 Å². The molecule has 0 unspecified atom stereocenters. The van der Waals surface area contributed by atoms with Gasteiger partial charge in [0, 0.05) is 24.2 Å². The van der Waals surface area contributed by atoms with Crippen LogP contribution in [-0.2, 0) is 9.59 Å². The molecule has 2 aliphatic heterocycles. The predicted octanol–water partition coefficient (Wildman–Crippen LogP) is 2.91. The zero-order valence-corrected chi connectivity index (χ0v) is 16.5. The highest BCUT2D eigenvalue weighted by molar-refractivity contribution is 6.40. The van der Waals surface area contributed by atoms with E-state index in [1.165, 1.54) is 0 Å². The van der Waals surface area contributed by atoms with E-state index in [0.717, 1.165) is 35.5 Å². The monoisotopic (exact) mass is 379 g/mol. The molecule has 7 nitrogen and oxygen atoms in total. The average Bonchev–Trinajstić information content (AvgIpc) is 3.40. The number of Topliss-reactive ketones (excluding diaryl/α,β-unsaturated/α-hetero) is 1. The number of amides is 1. The van der Waals surface area contributed by atoms with E-state index in [9.17, 15) is 9.59 Å². The number of nitrogens with one attached hydrogen (secondary N) is 1. The molecule has 1 aromatic heterocycles. The molecule has 1 N–H and O–H groups in total. The van der Waals surface area contributed by atoms with Crippen LogP contribution in [0.2, 0.25) is 0 Å². The summed E-state index contributed by atoms with van der Waals surface area (Å²) in [4.78, 5) is 27.5. The number of H-pyrrole nitrogens is 1. The number of hydrogen-bond donors (Lipinski definition) is 1. The first-order valence-corrected chi connectivity index (χ1v) is 9.72. The van der Waals surface area contributed by atoms with Crippen molar-refractivity contribution in [2.75, 3.05) is 11.6 Å². The molecule has 0 radical (unpaired) electrons. The van der Waals surface area contributed by atoms with Gasteiger partial charge in [0.05, 0.1) is 17.4 Å². The van der Waals surface area contributed by atoms with Crippen LogP contribution in [0.15, 0.2) is 35.4 Å². The van der Waals surface area contributed by atoms with Crippen molar-refractivity contribution in [3.8, 4) is 0 Å². The Kier molecular flexibility index (Phi) is 4.75. The van der Waals surface area contributed by atoms with Crippen LogP contribution in [0.4, 0.5) is 5.69 Å². The summed E-state index contributed by atoms with van der Waals surface area (Å²) < 4.78 is 0. The number of hydrazone groups is 1. The van der Waals surface area contributed by atoms with Crippen molar-refractivity contribution in [2.45, 2.75) is 52.1 Å². The van der Waals surface area contributed by atoms with Crippen molar-refractivity contribution >= 4 is 23.1 Å². The molecule has 0 aliphatic carbocycles. The Morgan fingerprint density at radius 1 is 1.18 bits per heavy atom. The average molecular weight is 379 g/mol. The highest BCUT2D eigenvalue weighted by Gasteiger charge is 2.40. The number of benzene rings is 1. The zero-order chi connectivity index (χ0) is 19.8. The van der Waals surface area contributed by atoms with Gasteiger partial charge in [-0.2, -0.15) is 10.2 Å². The fraction of sp³-hybridized carbons (Fsp3) is 0.429. The Hall–Kier alpha value is -2.96. The van der Waals surface area contributed by atoms with Gasteiger partial charge in [0.1, 0.15) is 11.8 Å². The maximum absolute atomic E-state index is 13.3. The summed E-state index contributed by atoms with van der Waals surface area (Å²) in [6, 6.07) is 9.12. The Morgan fingerprint density at radius 2 is 1.93 bits per heavy atom. The van der Waals surface area contributed by atoms with Crippen LogP contribution < -0.4 is 5.01 Å². The molecular formula is C21H25N5O2. The number of rotatable bonds is 4. The lowest BCUT2D eigenvalue weighted by molar-refractivity contribution is -0.125. The fourth-order valence-corrected chi connectivity index (χ4v) is 4.30. The molecule has 1 aromatic carbocycles. The molecule has 2 aliphatic rings. The first-order valence-electron chi connectivity index (χ1n) is 9.72. The first kappa shape index (κ1) is 18.4. The van der Waals surface area contributed by atoms with Crippen molar-refractivity contribution in [3.63, 3.8) is 0 Å². The molecule has 4 rings (SSSR count). The second kappa shape index (κ2) is 7.22. The van der Waals surface area contributed by atoms with Crippen LogP contribution >= 0.6 is 0 Å². The van der Waals surface area contributed by atoms with Gasteiger partial charge in [-0.25, -0.2) is 0 Å². The highest BCUT2D eigenvalue weighted by Crippen LogP contribution is 2.36. The molecule has 146 valence electrons. The minimum Gasteiger partial charge on any atom is -0.330 e. The number of aromatic amines is 1. The molecular weight excluding hydrogens is 354 g/mol. The van der Waals surface area contributed by atoms with Crippen molar-refractivity contribution in [1.82, 2.24) is 15.1 Å². The van der Waals surface area contributed by atoms with E-state index < -0.39 is 6.04 Å². The second-order valence-corrected chi connectivity index (χ2v) is 7.56. The third kappa shape index (κ3) is 3.10. The molecule has 2 atom stereocenters. The minimum absolute atomic E-state index is 0.00917. The van der Waals surface area contributed by atoms with Gasteiger partial charge < -0.3 is 4.90 Å². The number of anilines is 1. The molecule has 28 heavy (non-hydrogen) atoms. The number of ketones is 1. The van der Waals surface area contributed by atoms with Crippen LogP contribution in [0.3, 0.4) is 0 Å². The third-order valence-corrected chi connectivity index (χ3v) is 5.68. The molecule has 0 saturated carbocycles. The van der Waals surface area contributed by atoms with Gasteiger partial charge in [0.2, 0.25) is 0 Å². The van der Waals surface area contributed by atoms with E-state index in [2.05, 4.69) is 15.3 Å². The maximum Gasteiger partial charge on any atom is 0.270 e. The number of carbonyl (C=O) groups excluding carboxylic acids is 2. The van der Waals surface area contributed by atoms with Crippen molar-refractivity contribution in [1.29, 1.82) is 0 Å². The molecule has 2 aromatic rings. The van der Waals surface area contributed by atoms with Crippen molar-refractivity contribution < 1.29 is 9.59 Å². The van der Waals surface area contributed by atoms with Crippen molar-refractivity contribution in [2.24, 2.45) is 5.10 Å². The summed E-state index contributed by atoms with van der Waals surface area (Å²) >= 11 is 0. The van der Waals surface area contributed by atoms with Crippen LogP contribution in [-0.4, -0.2) is 45.1 Å². The Labute approximate surface area is 164 Å². The van der Waals surface area contributed by atoms with Gasteiger partial charge >= 0.3 is 0 Å². The minimum atomic E-state index is -0.431. The van der Waals surface area contributed by atoms with E-state index in [1.807, 2.05) is 49.1 Å². The predicted molar refractivity (Wildman–Crippen MR) is 107 cm³/mol. The number of likely N-dealkylation sites (tertiary alicyclic amines) is 1. The summed E-state index contributed by atoms with van der Waals surface area (Å²) in [5.74, 6) is -0.0675. The van der Waals surface area contributed by atoms with Crippen LogP contribution in [0, 0.1) is 13.8 Å². The number of aryl methyl sites for hydroxylation is 2. The van der Waals surface area contributed by atoms with Gasteiger partial charge in [-0.05, 0) is 45.7 Å². The Bertz CT molecular complexity index is 914. The molecule has 3 heterocycles. The normalized spacial score (nSPS) is 21.9.